The Morgan fingerprint density at radius 1 is 1.00 bits per heavy atom. The number of nitrogens with zero attached hydrogens (tertiary/aromatic N) is 1. The number of benzene rings is 2. The van der Waals surface area contributed by atoms with Gasteiger partial charge in [0.25, 0.3) is 0 Å². The first-order chi connectivity index (χ1) is 11.6. The third kappa shape index (κ3) is 2.70. The van der Waals surface area contributed by atoms with Crippen molar-refractivity contribution in [2.24, 2.45) is 0 Å². The molecule has 0 fully saturated rings. The van der Waals surface area contributed by atoms with Crippen LogP contribution in [0, 0.1) is 0 Å². The summed E-state index contributed by atoms with van der Waals surface area (Å²) in [6.07, 6.45) is 4.42. The van der Waals surface area contributed by atoms with E-state index in [1.165, 1.54) is 5.56 Å². The highest BCUT2D eigenvalue weighted by atomic mass is 32.2. The number of hydrogen-bond donors (Lipinski definition) is 1. The van der Waals surface area contributed by atoms with E-state index in [2.05, 4.69) is 15.8 Å². The number of hydrogen-bond acceptors (Lipinski definition) is 3. The van der Waals surface area contributed by atoms with Crippen molar-refractivity contribution < 1.29 is 8.42 Å². The van der Waals surface area contributed by atoms with Gasteiger partial charge in [-0.25, -0.2) is 13.1 Å². The van der Waals surface area contributed by atoms with Gasteiger partial charge in [-0.1, -0.05) is 42.5 Å². The predicted molar refractivity (Wildman–Crippen MR) is 94.2 cm³/mol. The molecule has 4 nitrogen and oxygen atoms in total. The molecular weight excluding hydrogens is 320 g/mol. The molecule has 24 heavy (non-hydrogen) atoms. The van der Waals surface area contributed by atoms with Crippen molar-refractivity contribution in [2.75, 3.05) is 0 Å². The molecule has 0 saturated heterocycles. The number of aryl methyl sites for hydroxylation is 1. The molecule has 122 valence electrons. The van der Waals surface area contributed by atoms with Gasteiger partial charge in [-0.05, 0) is 42.5 Å². The van der Waals surface area contributed by atoms with Gasteiger partial charge < -0.3 is 0 Å². The first-order valence-corrected chi connectivity index (χ1v) is 9.57. The Morgan fingerprint density at radius 3 is 2.75 bits per heavy atom. The zero-order valence-electron chi connectivity index (χ0n) is 13.1. The van der Waals surface area contributed by atoms with Crippen LogP contribution >= 0.6 is 0 Å². The lowest BCUT2D eigenvalue weighted by atomic mass is 9.88. The molecule has 1 unspecified atom stereocenters. The van der Waals surface area contributed by atoms with Crippen molar-refractivity contribution in [2.45, 2.75) is 30.2 Å². The van der Waals surface area contributed by atoms with Gasteiger partial charge in [0.05, 0.1) is 5.52 Å². The second kappa shape index (κ2) is 6.00. The van der Waals surface area contributed by atoms with Crippen LogP contribution in [-0.2, 0) is 16.4 Å². The Hall–Kier alpha value is -2.24. The van der Waals surface area contributed by atoms with Crippen molar-refractivity contribution in [1.29, 1.82) is 0 Å². The fourth-order valence-electron chi connectivity index (χ4n) is 3.42. The Bertz CT molecular complexity index is 994. The molecule has 2 aromatic carbocycles. The van der Waals surface area contributed by atoms with Crippen LogP contribution in [0.1, 0.15) is 30.0 Å². The maximum Gasteiger partial charge on any atom is 0.243 e. The van der Waals surface area contributed by atoms with E-state index in [1.54, 1.807) is 18.3 Å². The number of rotatable bonds is 3. The molecule has 0 aliphatic heterocycles. The van der Waals surface area contributed by atoms with Gasteiger partial charge in [0, 0.05) is 17.6 Å². The average molecular weight is 338 g/mol. The molecule has 0 saturated carbocycles. The minimum Gasteiger partial charge on any atom is -0.255 e. The predicted octanol–water partition coefficient (Wildman–Crippen LogP) is 3.59. The van der Waals surface area contributed by atoms with Gasteiger partial charge in [-0.15, -0.1) is 0 Å². The zero-order chi connectivity index (χ0) is 16.6. The molecule has 0 spiro atoms. The van der Waals surface area contributed by atoms with E-state index < -0.39 is 10.0 Å². The molecule has 0 amide bonds. The summed E-state index contributed by atoms with van der Waals surface area (Å²) < 4.78 is 28.8. The molecule has 4 rings (SSSR count). The van der Waals surface area contributed by atoms with E-state index in [1.807, 2.05) is 36.4 Å². The average Bonchev–Trinajstić information content (AvgIpc) is 2.61. The first-order valence-electron chi connectivity index (χ1n) is 8.09. The number of para-hydroxylation sites is 1. The van der Waals surface area contributed by atoms with Crippen molar-refractivity contribution in [3.05, 3.63) is 71.9 Å². The van der Waals surface area contributed by atoms with E-state index >= 15 is 0 Å². The minimum atomic E-state index is -3.64. The summed E-state index contributed by atoms with van der Waals surface area (Å²) in [5, 5.41) is 0.824. The van der Waals surface area contributed by atoms with Crippen LogP contribution in [0.4, 0.5) is 0 Å². The molecule has 1 aliphatic carbocycles. The van der Waals surface area contributed by atoms with E-state index in [9.17, 15) is 8.42 Å². The Morgan fingerprint density at radius 2 is 1.83 bits per heavy atom. The lowest BCUT2D eigenvalue weighted by Crippen LogP contribution is -2.31. The maximum atomic E-state index is 13.0. The highest BCUT2D eigenvalue weighted by Crippen LogP contribution is 2.31. The van der Waals surface area contributed by atoms with Crippen LogP contribution in [-0.4, -0.2) is 13.4 Å². The van der Waals surface area contributed by atoms with Crippen LogP contribution in [0.5, 0.6) is 0 Å². The van der Waals surface area contributed by atoms with Gasteiger partial charge in [-0.2, -0.15) is 0 Å². The quantitative estimate of drug-likeness (QED) is 0.794. The van der Waals surface area contributed by atoms with Gasteiger partial charge in [0.2, 0.25) is 10.0 Å². The third-order valence-electron chi connectivity index (χ3n) is 4.55. The summed E-state index contributed by atoms with van der Waals surface area (Å²) in [4.78, 5) is 4.51. The van der Waals surface area contributed by atoms with Crippen LogP contribution < -0.4 is 4.72 Å². The second-order valence-corrected chi connectivity index (χ2v) is 7.78. The Balaban J connectivity index is 1.74. The van der Waals surface area contributed by atoms with Crippen molar-refractivity contribution in [1.82, 2.24) is 9.71 Å². The molecule has 1 N–H and O–H groups in total. The number of nitrogens with one attached hydrogen (secondary N) is 1. The Kier molecular flexibility index (Phi) is 3.82. The number of fused-ring (bicyclic) bond motifs is 2. The summed E-state index contributed by atoms with van der Waals surface area (Å²) in [5.74, 6) is 0. The highest BCUT2D eigenvalue weighted by Gasteiger charge is 2.26. The molecule has 0 radical (unpaired) electrons. The lowest BCUT2D eigenvalue weighted by molar-refractivity contribution is 0.507. The number of aromatic nitrogens is 1. The maximum absolute atomic E-state index is 13.0. The molecule has 5 heteroatoms. The minimum absolute atomic E-state index is 0.182. The molecule has 1 aliphatic rings. The fourth-order valence-corrected chi connectivity index (χ4v) is 4.85. The summed E-state index contributed by atoms with van der Waals surface area (Å²) in [6, 6.07) is 16.8. The number of pyridine rings is 1. The van der Waals surface area contributed by atoms with E-state index in [4.69, 9.17) is 0 Å². The zero-order valence-corrected chi connectivity index (χ0v) is 14.0. The van der Waals surface area contributed by atoms with Crippen molar-refractivity contribution >= 4 is 20.9 Å². The standard InChI is InChI=1S/C19H18N2O2S/c22-24(23,18-12-4-8-15-9-5-13-20-19(15)18)21-17-11-3-7-14-6-1-2-10-16(14)17/h1-2,4-6,8-10,12-13,17,21H,3,7,11H2. The largest absolute Gasteiger partial charge is 0.255 e. The van der Waals surface area contributed by atoms with Crippen molar-refractivity contribution in [3.63, 3.8) is 0 Å². The van der Waals surface area contributed by atoms with Crippen LogP contribution in [0.2, 0.25) is 0 Å². The molecular formula is C19H18N2O2S. The first kappa shape index (κ1) is 15.3. The summed E-state index contributed by atoms with van der Waals surface area (Å²) in [7, 11) is -3.64. The summed E-state index contributed by atoms with van der Waals surface area (Å²) >= 11 is 0. The molecule has 1 aromatic heterocycles. The van der Waals surface area contributed by atoms with Crippen LogP contribution in [0.15, 0.2) is 65.7 Å². The smallest absolute Gasteiger partial charge is 0.243 e. The molecule has 0 bridgehead atoms. The van der Waals surface area contributed by atoms with Gasteiger partial charge >= 0.3 is 0 Å². The topological polar surface area (TPSA) is 59.1 Å². The Labute approximate surface area is 141 Å². The van der Waals surface area contributed by atoms with E-state index in [0.717, 1.165) is 30.2 Å². The molecule has 1 heterocycles. The lowest BCUT2D eigenvalue weighted by Gasteiger charge is -2.26. The third-order valence-corrected chi connectivity index (χ3v) is 6.06. The summed E-state index contributed by atoms with van der Waals surface area (Å²) in [6.45, 7) is 0. The van der Waals surface area contributed by atoms with Gasteiger partial charge in [0.1, 0.15) is 4.90 Å². The highest BCUT2D eigenvalue weighted by molar-refractivity contribution is 7.89. The van der Waals surface area contributed by atoms with E-state index in [-0.39, 0.29) is 10.9 Å². The second-order valence-electron chi connectivity index (χ2n) is 6.10. The SMILES string of the molecule is O=S(=O)(NC1CCCc2ccccc21)c1cccc2cccnc12. The van der Waals surface area contributed by atoms with Crippen molar-refractivity contribution in [3.8, 4) is 0 Å². The number of sulfonamides is 1. The monoisotopic (exact) mass is 338 g/mol. The molecule has 3 aromatic rings. The fraction of sp³-hybridized carbons (Fsp3) is 0.211. The van der Waals surface area contributed by atoms with Crippen LogP contribution in [0.3, 0.4) is 0 Å². The van der Waals surface area contributed by atoms with Gasteiger partial charge in [-0.3, -0.25) is 4.98 Å². The normalized spacial score (nSPS) is 17.6. The summed E-state index contributed by atoms with van der Waals surface area (Å²) in [5.41, 5.74) is 2.82. The molecule has 1 atom stereocenters. The van der Waals surface area contributed by atoms with Crippen LogP contribution in [0.25, 0.3) is 10.9 Å². The van der Waals surface area contributed by atoms with Gasteiger partial charge in [0.15, 0.2) is 0 Å². The van der Waals surface area contributed by atoms with E-state index in [0.29, 0.717) is 5.52 Å².